The number of hydrogen-bond donors (Lipinski definition) is 0. The molecule has 0 amide bonds. The van der Waals surface area contributed by atoms with Gasteiger partial charge in [0.05, 0.1) is 16.7 Å². The molecule has 442 valence electrons. The minimum atomic E-state index is -0.237. The first kappa shape index (κ1) is 56.4. The van der Waals surface area contributed by atoms with E-state index < -0.39 is 0 Å². The van der Waals surface area contributed by atoms with Crippen molar-refractivity contribution in [3.8, 4) is 39.1 Å². The Morgan fingerprint density at radius 3 is 1.67 bits per heavy atom. The van der Waals surface area contributed by atoms with E-state index >= 15 is 0 Å². The second-order valence-electron chi connectivity index (χ2n) is 25.1. The maximum Gasteiger partial charge on any atom is 0.0618 e. The van der Waals surface area contributed by atoms with E-state index in [0.717, 1.165) is 49.9 Å². The zero-order valence-electron chi connectivity index (χ0n) is 52.6. The summed E-state index contributed by atoms with van der Waals surface area (Å²) in [7, 11) is 0. The van der Waals surface area contributed by atoms with Crippen molar-refractivity contribution in [3.63, 3.8) is 0 Å². The summed E-state index contributed by atoms with van der Waals surface area (Å²) >= 11 is 0. The molecule has 2 nitrogen and oxygen atoms in total. The van der Waals surface area contributed by atoms with Crippen LogP contribution in [-0.4, -0.2) is 4.57 Å². The summed E-state index contributed by atoms with van der Waals surface area (Å²) in [6.45, 7) is 6.85. The van der Waals surface area contributed by atoms with Gasteiger partial charge in [0.15, 0.2) is 0 Å². The Kier molecular flexibility index (Phi) is 14.6. The number of rotatable bonds is 13. The normalized spacial score (nSPS) is 15.8. The number of hydrogen-bond acceptors (Lipinski definition) is 1. The SMILES string of the molecule is C/C=C\C(=C(/CC)c1ccccc1)c1ccc2c(c1)c1cc(C3(C)CC=CC=C3c3ccccc3)ccc1n2-c1ccc(N(C2=CCCC=C2)c2c3ccccc3c(-c3c4c(c(-c5ccccc5-c5ccccc5)c5ccccc35)=CCCC=4)c3ccccc23)cc1. The maximum absolute atomic E-state index is 2.56. The van der Waals surface area contributed by atoms with Gasteiger partial charge in [-0.2, -0.15) is 0 Å². The minimum Gasteiger partial charge on any atom is -0.310 e. The summed E-state index contributed by atoms with van der Waals surface area (Å²) in [5, 5.41) is 12.6. The molecule has 0 saturated carbocycles. The fourth-order valence-electron chi connectivity index (χ4n) is 15.6. The van der Waals surface area contributed by atoms with Crippen LogP contribution in [0.4, 0.5) is 11.4 Å². The molecule has 1 unspecified atom stereocenters. The largest absolute Gasteiger partial charge is 0.310 e. The molecule has 1 aromatic heterocycles. The van der Waals surface area contributed by atoms with Crippen molar-refractivity contribution in [3.05, 3.63) is 336 Å². The van der Waals surface area contributed by atoms with Crippen molar-refractivity contribution in [2.75, 3.05) is 4.90 Å². The van der Waals surface area contributed by atoms with E-state index in [4.69, 9.17) is 0 Å². The van der Waals surface area contributed by atoms with Gasteiger partial charge in [-0.25, -0.2) is 0 Å². The van der Waals surface area contributed by atoms with Crippen LogP contribution in [0.5, 0.6) is 0 Å². The standard InChI is InChI=1S/C90H72N2/c1-4-30-70(69(5-2)61-31-10-6-11-32-61)64-50-56-84-81(59-64)82-60-65(90(3)58-29-28-49-83(90)63-35-14-8-15-36-63)51-57-85(82)92(84)68-54-52-67(53-55-68)91(66-37-16-9-17-38-66)89-79-47-26-24-45-77(79)88(78-46-25-27-48-80(78)89)87-75-43-22-20-41-73(75)86(74-42-21-23-44-76(74)87)72-40-19-18-39-71(72)62-33-12-7-13-34-62/h4,6-8,10-16,18-20,22,24-57,59-60H,5,9,17,21,23,58H2,1-3H3/b30-4-,70-69-. The highest BCUT2D eigenvalue weighted by atomic mass is 15.2. The number of anilines is 2. The first-order valence-electron chi connectivity index (χ1n) is 33.0. The molecule has 3 aliphatic rings. The lowest BCUT2D eigenvalue weighted by molar-refractivity contribution is 0.621. The van der Waals surface area contributed by atoms with Crippen LogP contribution in [0.1, 0.15) is 81.5 Å². The smallest absolute Gasteiger partial charge is 0.0618 e. The highest BCUT2D eigenvalue weighted by molar-refractivity contribution is 6.25. The van der Waals surface area contributed by atoms with E-state index in [1.165, 1.54) is 148 Å². The first-order chi connectivity index (χ1) is 45.5. The van der Waals surface area contributed by atoms with Crippen LogP contribution in [0.15, 0.2) is 303 Å². The van der Waals surface area contributed by atoms with Gasteiger partial charge in [0, 0.05) is 44.0 Å². The van der Waals surface area contributed by atoms with E-state index in [-0.39, 0.29) is 5.41 Å². The molecule has 1 heterocycles. The van der Waals surface area contributed by atoms with Crippen LogP contribution >= 0.6 is 0 Å². The topological polar surface area (TPSA) is 8.17 Å². The van der Waals surface area contributed by atoms with Crippen molar-refractivity contribution < 1.29 is 0 Å². The van der Waals surface area contributed by atoms with Gasteiger partial charge in [-0.05, 0) is 204 Å². The molecular formula is C90H72N2. The van der Waals surface area contributed by atoms with E-state index in [9.17, 15) is 0 Å². The van der Waals surface area contributed by atoms with E-state index in [1.54, 1.807) is 0 Å². The predicted molar refractivity (Wildman–Crippen MR) is 396 cm³/mol. The minimum absolute atomic E-state index is 0.237. The van der Waals surface area contributed by atoms with Gasteiger partial charge < -0.3 is 9.47 Å². The molecule has 12 aromatic carbocycles. The molecule has 16 rings (SSSR count). The lowest BCUT2D eigenvalue weighted by Crippen LogP contribution is -2.31. The van der Waals surface area contributed by atoms with E-state index in [0.29, 0.717) is 0 Å². The van der Waals surface area contributed by atoms with Gasteiger partial charge in [-0.1, -0.05) is 269 Å². The molecule has 0 saturated heterocycles. The third-order valence-electron chi connectivity index (χ3n) is 19.9. The molecule has 0 bridgehead atoms. The molecule has 0 fully saturated rings. The summed E-state index contributed by atoms with van der Waals surface area (Å²) in [6, 6.07) is 93.4. The number of fused-ring (bicyclic) bond motifs is 7. The van der Waals surface area contributed by atoms with Gasteiger partial charge in [0.2, 0.25) is 0 Å². The highest BCUT2D eigenvalue weighted by Crippen LogP contribution is 2.50. The van der Waals surface area contributed by atoms with Crippen LogP contribution in [-0.2, 0) is 5.41 Å². The van der Waals surface area contributed by atoms with Gasteiger partial charge in [0.25, 0.3) is 0 Å². The van der Waals surface area contributed by atoms with Crippen LogP contribution in [0.3, 0.4) is 0 Å². The molecule has 13 aromatic rings. The summed E-state index contributed by atoms with van der Waals surface area (Å²) in [4.78, 5) is 2.56. The van der Waals surface area contributed by atoms with Gasteiger partial charge >= 0.3 is 0 Å². The monoisotopic (exact) mass is 1180 g/mol. The third kappa shape index (κ3) is 9.55. The van der Waals surface area contributed by atoms with Gasteiger partial charge in [-0.15, -0.1) is 0 Å². The van der Waals surface area contributed by atoms with E-state index in [1.807, 2.05) is 0 Å². The Balaban J connectivity index is 0.889. The molecule has 0 aliphatic heterocycles. The zero-order valence-corrected chi connectivity index (χ0v) is 52.6. The predicted octanol–water partition coefficient (Wildman–Crippen LogP) is 23.2. The van der Waals surface area contributed by atoms with Crippen molar-refractivity contribution >= 4 is 94.4 Å². The Morgan fingerprint density at radius 1 is 0.478 bits per heavy atom. The summed E-state index contributed by atoms with van der Waals surface area (Å²) in [5.74, 6) is 0. The number of aromatic nitrogens is 1. The lowest BCUT2D eigenvalue weighted by Gasteiger charge is -2.34. The summed E-state index contributed by atoms with van der Waals surface area (Å²) < 4.78 is 2.50. The number of nitrogens with zero attached hydrogens (tertiary/aromatic N) is 2. The van der Waals surface area contributed by atoms with Gasteiger partial charge in [-0.3, -0.25) is 0 Å². The van der Waals surface area contributed by atoms with Gasteiger partial charge in [0.1, 0.15) is 0 Å². The summed E-state index contributed by atoms with van der Waals surface area (Å²) in [6.07, 6.45) is 29.4. The molecule has 0 radical (unpaired) electrons. The first-order valence-corrected chi connectivity index (χ1v) is 33.0. The highest BCUT2D eigenvalue weighted by Gasteiger charge is 2.34. The zero-order chi connectivity index (χ0) is 61.7. The average Bonchev–Trinajstić information content (AvgIpc) is 0.768. The Labute approximate surface area is 540 Å². The second kappa shape index (κ2) is 23.9. The number of allylic oxidation sites excluding steroid dienone is 11. The molecule has 92 heavy (non-hydrogen) atoms. The van der Waals surface area contributed by atoms with Crippen molar-refractivity contribution in [2.24, 2.45) is 0 Å². The maximum atomic E-state index is 2.56. The van der Waals surface area contributed by atoms with Crippen molar-refractivity contribution in [1.82, 2.24) is 4.57 Å². The molecule has 2 heteroatoms. The Hall–Kier alpha value is -10.8. The fraction of sp³-hybridized carbons (Fsp3) is 0.111. The Morgan fingerprint density at radius 2 is 1.03 bits per heavy atom. The van der Waals surface area contributed by atoms with Crippen LogP contribution in [0.2, 0.25) is 0 Å². The lowest BCUT2D eigenvalue weighted by atomic mass is 9.69. The molecule has 0 N–H and O–H groups in total. The summed E-state index contributed by atoms with van der Waals surface area (Å²) in [5.41, 5.74) is 23.3. The fourth-order valence-corrected chi connectivity index (χ4v) is 15.6. The van der Waals surface area contributed by atoms with Crippen LogP contribution in [0, 0.1) is 0 Å². The van der Waals surface area contributed by atoms with E-state index in [2.05, 4.69) is 340 Å². The van der Waals surface area contributed by atoms with Crippen molar-refractivity contribution in [2.45, 2.75) is 64.7 Å². The number of benzene rings is 12. The molecule has 1 atom stereocenters. The van der Waals surface area contributed by atoms with Crippen LogP contribution < -0.4 is 15.3 Å². The molecular weight excluding hydrogens is 1110 g/mol. The average molecular weight is 1180 g/mol. The Bertz CT molecular complexity index is 5340. The van der Waals surface area contributed by atoms with Crippen molar-refractivity contribution in [1.29, 1.82) is 0 Å². The third-order valence-corrected chi connectivity index (χ3v) is 19.9. The molecule has 0 spiro atoms. The second-order valence-corrected chi connectivity index (χ2v) is 25.1. The van der Waals surface area contributed by atoms with Crippen LogP contribution in [0.25, 0.3) is 122 Å². The molecule has 3 aliphatic carbocycles. The quantitative estimate of drug-likeness (QED) is 0.0635.